The maximum absolute atomic E-state index is 8.75. The third-order valence-corrected chi connectivity index (χ3v) is 1.82. The molecule has 1 aliphatic heterocycles. The predicted molar refractivity (Wildman–Crippen MR) is 34.2 cm³/mol. The minimum absolute atomic E-state index is 0.218. The summed E-state index contributed by atoms with van der Waals surface area (Å²) in [5.74, 6) is 0.301. The Hall–Kier alpha value is -0.120. The van der Waals surface area contributed by atoms with Gasteiger partial charge in [-0.2, -0.15) is 0 Å². The van der Waals surface area contributed by atoms with Crippen molar-refractivity contribution < 1.29 is 9.84 Å². The van der Waals surface area contributed by atoms with Gasteiger partial charge in [-0.1, -0.05) is 0 Å². The van der Waals surface area contributed by atoms with Gasteiger partial charge in [0.1, 0.15) is 0 Å². The number of rotatable bonds is 2. The Labute approximate surface area is 55.0 Å². The van der Waals surface area contributed by atoms with Crippen molar-refractivity contribution in [3.63, 3.8) is 0 Å². The lowest BCUT2D eigenvalue weighted by atomic mass is 10.1. The molecule has 0 saturated carbocycles. The second kappa shape index (κ2) is 3.15. The van der Waals surface area contributed by atoms with Crippen LogP contribution in [0.3, 0.4) is 0 Å². The van der Waals surface area contributed by atoms with E-state index in [-0.39, 0.29) is 12.7 Å². The molecule has 54 valence electrons. The number of ether oxygens (including phenoxy) is 1. The molecule has 0 amide bonds. The predicted octanol–water partition coefficient (Wildman–Crippen LogP) is -0.787. The first-order chi connectivity index (χ1) is 4.38. The van der Waals surface area contributed by atoms with E-state index in [0.29, 0.717) is 5.92 Å². The summed E-state index contributed by atoms with van der Waals surface area (Å²) in [6, 6.07) is 0. The number of aliphatic hydroxyl groups is 1. The molecule has 0 bridgehead atoms. The van der Waals surface area contributed by atoms with Gasteiger partial charge in [-0.15, -0.1) is 0 Å². The van der Waals surface area contributed by atoms with Gasteiger partial charge in [0.25, 0.3) is 0 Å². The minimum Gasteiger partial charge on any atom is -0.396 e. The fourth-order valence-corrected chi connectivity index (χ4v) is 1.17. The lowest BCUT2D eigenvalue weighted by Crippen LogP contribution is -2.23. The van der Waals surface area contributed by atoms with Gasteiger partial charge in [0, 0.05) is 32.7 Å². The van der Waals surface area contributed by atoms with Crippen molar-refractivity contribution in [3.05, 3.63) is 0 Å². The SMILES string of the molecule is COC1CNCC1CO. The monoisotopic (exact) mass is 131 g/mol. The van der Waals surface area contributed by atoms with Crippen molar-refractivity contribution in [1.29, 1.82) is 0 Å². The van der Waals surface area contributed by atoms with Crippen LogP contribution in [0.25, 0.3) is 0 Å². The summed E-state index contributed by atoms with van der Waals surface area (Å²) in [6.45, 7) is 1.99. The minimum atomic E-state index is 0.218. The normalized spacial score (nSPS) is 35.3. The van der Waals surface area contributed by atoms with Crippen molar-refractivity contribution in [2.75, 3.05) is 26.8 Å². The van der Waals surface area contributed by atoms with Crippen molar-refractivity contribution in [3.8, 4) is 0 Å². The topological polar surface area (TPSA) is 41.5 Å². The lowest BCUT2D eigenvalue weighted by molar-refractivity contribution is 0.0576. The summed E-state index contributed by atoms with van der Waals surface area (Å²) in [5, 5.41) is 11.9. The summed E-state index contributed by atoms with van der Waals surface area (Å²) in [7, 11) is 1.68. The Balaban J connectivity index is 2.32. The average Bonchev–Trinajstić information content (AvgIpc) is 2.33. The molecule has 0 aliphatic carbocycles. The molecular weight excluding hydrogens is 118 g/mol. The molecule has 0 aromatic carbocycles. The van der Waals surface area contributed by atoms with Gasteiger partial charge in [-0.3, -0.25) is 0 Å². The van der Waals surface area contributed by atoms with E-state index in [0.717, 1.165) is 13.1 Å². The molecule has 2 atom stereocenters. The zero-order valence-electron chi connectivity index (χ0n) is 5.63. The maximum atomic E-state index is 8.75. The summed E-state index contributed by atoms with van der Waals surface area (Å²) in [6.07, 6.45) is 0.218. The third kappa shape index (κ3) is 1.41. The van der Waals surface area contributed by atoms with Crippen LogP contribution in [0, 0.1) is 5.92 Å². The third-order valence-electron chi connectivity index (χ3n) is 1.82. The van der Waals surface area contributed by atoms with E-state index < -0.39 is 0 Å². The van der Waals surface area contributed by atoms with Crippen molar-refractivity contribution in [1.82, 2.24) is 5.32 Å². The molecule has 1 aliphatic rings. The highest BCUT2D eigenvalue weighted by molar-refractivity contribution is 4.80. The molecule has 0 aromatic heterocycles. The largest absolute Gasteiger partial charge is 0.396 e. The van der Waals surface area contributed by atoms with Gasteiger partial charge < -0.3 is 15.2 Å². The van der Waals surface area contributed by atoms with Crippen LogP contribution in [0.4, 0.5) is 0 Å². The smallest absolute Gasteiger partial charge is 0.0757 e. The fraction of sp³-hybridized carbons (Fsp3) is 1.00. The van der Waals surface area contributed by atoms with Crippen LogP contribution in [-0.4, -0.2) is 38.0 Å². The van der Waals surface area contributed by atoms with Crippen LogP contribution in [0.15, 0.2) is 0 Å². The quantitative estimate of drug-likeness (QED) is 0.516. The van der Waals surface area contributed by atoms with Gasteiger partial charge in [-0.05, 0) is 0 Å². The summed E-state index contributed by atoms with van der Waals surface area (Å²) in [4.78, 5) is 0. The van der Waals surface area contributed by atoms with E-state index >= 15 is 0 Å². The van der Waals surface area contributed by atoms with Crippen LogP contribution in [0.5, 0.6) is 0 Å². The fourth-order valence-electron chi connectivity index (χ4n) is 1.17. The van der Waals surface area contributed by atoms with E-state index in [1.165, 1.54) is 0 Å². The van der Waals surface area contributed by atoms with Crippen LogP contribution in [-0.2, 0) is 4.74 Å². The van der Waals surface area contributed by atoms with Crippen LogP contribution in [0.1, 0.15) is 0 Å². The summed E-state index contributed by atoms with van der Waals surface area (Å²) in [5.41, 5.74) is 0. The van der Waals surface area contributed by atoms with Gasteiger partial charge in [0.2, 0.25) is 0 Å². The second-order valence-electron chi connectivity index (χ2n) is 2.38. The number of nitrogens with one attached hydrogen (secondary N) is 1. The standard InChI is InChI=1S/C6H13NO2/c1-9-6-3-7-2-5(6)4-8/h5-8H,2-4H2,1H3. The van der Waals surface area contributed by atoms with E-state index in [9.17, 15) is 0 Å². The highest BCUT2D eigenvalue weighted by Gasteiger charge is 2.25. The first kappa shape index (κ1) is 6.99. The van der Waals surface area contributed by atoms with E-state index in [1.807, 2.05) is 0 Å². The molecule has 3 nitrogen and oxygen atoms in total. The van der Waals surface area contributed by atoms with Gasteiger partial charge in [-0.25, -0.2) is 0 Å². The molecule has 2 N–H and O–H groups in total. The highest BCUT2D eigenvalue weighted by atomic mass is 16.5. The Morgan fingerprint density at radius 2 is 2.44 bits per heavy atom. The molecule has 1 fully saturated rings. The Morgan fingerprint density at radius 3 is 2.89 bits per heavy atom. The number of aliphatic hydroxyl groups excluding tert-OH is 1. The van der Waals surface area contributed by atoms with Gasteiger partial charge in [0.05, 0.1) is 6.10 Å². The number of methoxy groups -OCH3 is 1. The van der Waals surface area contributed by atoms with Crippen molar-refractivity contribution in [2.24, 2.45) is 5.92 Å². The molecule has 1 rings (SSSR count). The Kier molecular flexibility index (Phi) is 2.45. The van der Waals surface area contributed by atoms with Gasteiger partial charge in [0.15, 0.2) is 0 Å². The number of hydrogen-bond acceptors (Lipinski definition) is 3. The molecule has 0 spiro atoms. The molecule has 1 saturated heterocycles. The highest BCUT2D eigenvalue weighted by Crippen LogP contribution is 2.09. The van der Waals surface area contributed by atoms with E-state index in [2.05, 4.69) is 5.32 Å². The van der Waals surface area contributed by atoms with Crippen molar-refractivity contribution in [2.45, 2.75) is 6.10 Å². The zero-order valence-corrected chi connectivity index (χ0v) is 5.63. The van der Waals surface area contributed by atoms with Gasteiger partial charge >= 0.3 is 0 Å². The zero-order chi connectivity index (χ0) is 6.69. The number of hydrogen-bond donors (Lipinski definition) is 2. The second-order valence-corrected chi connectivity index (χ2v) is 2.38. The molecule has 1 heterocycles. The Morgan fingerprint density at radius 1 is 1.67 bits per heavy atom. The van der Waals surface area contributed by atoms with Crippen molar-refractivity contribution >= 4 is 0 Å². The molecule has 0 aromatic rings. The van der Waals surface area contributed by atoms with E-state index in [4.69, 9.17) is 9.84 Å². The molecule has 3 heteroatoms. The maximum Gasteiger partial charge on any atom is 0.0757 e. The van der Waals surface area contributed by atoms with Crippen LogP contribution in [0.2, 0.25) is 0 Å². The van der Waals surface area contributed by atoms with Crippen LogP contribution >= 0.6 is 0 Å². The van der Waals surface area contributed by atoms with E-state index in [1.54, 1.807) is 7.11 Å². The van der Waals surface area contributed by atoms with Crippen LogP contribution < -0.4 is 5.32 Å². The first-order valence-electron chi connectivity index (χ1n) is 3.23. The first-order valence-corrected chi connectivity index (χ1v) is 3.23. The lowest BCUT2D eigenvalue weighted by Gasteiger charge is -2.12. The summed E-state index contributed by atoms with van der Waals surface area (Å²) < 4.78 is 5.09. The summed E-state index contributed by atoms with van der Waals surface area (Å²) >= 11 is 0. The molecular formula is C6H13NO2. The Bertz CT molecular complexity index is 77.1. The molecule has 2 unspecified atom stereocenters. The molecule has 0 radical (unpaired) electrons. The average molecular weight is 131 g/mol. The molecule has 9 heavy (non-hydrogen) atoms.